The van der Waals surface area contributed by atoms with E-state index in [9.17, 15) is 9.59 Å². The van der Waals surface area contributed by atoms with Crippen molar-refractivity contribution in [2.24, 2.45) is 5.41 Å². The molecule has 1 aliphatic heterocycles. The number of amides is 2. The summed E-state index contributed by atoms with van der Waals surface area (Å²) in [5.74, 6) is 0.0988. The van der Waals surface area contributed by atoms with Crippen molar-refractivity contribution in [2.45, 2.75) is 65.1 Å². The molecule has 2 amide bonds. The number of nitrogens with one attached hydrogen (secondary N) is 1. The monoisotopic (exact) mass is 410 g/mol. The first-order valence-electron chi connectivity index (χ1n) is 8.31. The average molecular weight is 411 g/mol. The Bertz CT molecular complexity index is 733. The minimum Gasteiger partial charge on any atom is -0.444 e. The number of aryl methyl sites for hydroxylation is 1. The summed E-state index contributed by atoms with van der Waals surface area (Å²) < 4.78 is 6.08. The van der Waals surface area contributed by atoms with Crippen molar-refractivity contribution in [1.29, 1.82) is 0 Å². The second-order valence-electron chi connectivity index (χ2n) is 8.10. The third-order valence-corrected chi connectivity index (χ3v) is 5.44. The quantitative estimate of drug-likeness (QED) is 0.808. The van der Waals surface area contributed by atoms with Crippen LogP contribution in [0.3, 0.4) is 0 Å². The van der Waals surface area contributed by atoms with E-state index in [4.69, 9.17) is 4.74 Å². The Morgan fingerprint density at radius 2 is 2.08 bits per heavy atom. The third kappa shape index (κ3) is 3.63. The van der Waals surface area contributed by atoms with Crippen LogP contribution in [0.1, 0.15) is 46.2 Å². The van der Waals surface area contributed by atoms with Gasteiger partial charge in [0.05, 0.1) is 11.9 Å². The van der Waals surface area contributed by atoms with Gasteiger partial charge in [0.15, 0.2) is 5.82 Å². The van der Waals surface area contributed by atoms with Gasteiger partial charge in [-0.3, -0.25) is 14.7 Å². The standard InChI is InChI=1S/C17H23BrN4O3/c1-9-13(18)20-12(8-19-9)21-14(23)10-6-17(5)7-11(17)22(10)15(24)25-16(2,3)4/h8,10-11H,6-7H2,1-5H3,(H,20,21,23)/t10?,11-,17-/m0/s1. The average Bonchev–Trinajstić information content (AvgIpc) is 3.02. The number of ether oxygens (including phenoxy) is 1. The highest BCUT2D eigenvalue weighted by Gasteiger charge is 2.65. The summed E-state index contributed by atoms with van der Waals surface area (Å²) in [6.45, 7) is 9.38. The molecular weight excluding hydrogens is 388 g/mol. The normalized spacial score (nSPS) is 27.7. The van der Waals surface area contributed by atoms with E-state index in [-0.39, 0.29) is 17.4 Å². The molecular formula is C17H23BrN4O3. The summed E-state index contributed by atoms with van der Waals surface area (Å²) in [6, 6.07) is -0.491. The van der Waals surface area contributed by atoms with Crippen LogP contribution in [0.4, 0.5) is 10.6 Å². The predicted molar refractivity (Wildman–Crippen MR) is 96.1 cm³/mol. The summed E-state index contributed by atoms with van der Waals surface area (Å²) in [6.07, 6.45) is 2.61. The van der Waals surface area contributed by atoms with Crippen LogP contribution >= 0.6 is 15.9 Å². The highest BCUT2D eigenvalue weighted by molar-refractivity contribution is 9.10. The maximum Gasteiger partial charge on any atom is 0.411 e. The fourth-order valence-electron chi connectivity index (χ4n) is 3.28. The molecule has 0 bridgehead atoms. The van der Waals surface area contributed by atoms with Crippen LogP contribution in [0.25, 0.3) is 0 Å². The number of aromatic nitrogens is 2. The number of hydrogen-bond donors (Lipinski definition) is 1. The van der Waals surface area contributed by atoms with E-state index >= 15 is 0 Å². The maximum atomic E-state index is 12.8. The zero-order valence-corrected chi connectivity index (χ0v) is 16.7. The molecule has 7 nitrogen and oxygen atoms in total. The Morgan fingerprint density at radius 1 is 1.40 bits per heavy atom. The zero-order chi connectivity index (χ0) is 18.6. The molecule has 0 spiro atoms. The highest BCUT2D eigenvalue weighted by atomic mass is 79.9. The molecule has 1 saturated carbocycles. The number of nitrogens with zero attached hydrogens (tertiary/aromatic N) is 3. The lowest BCUT2D eigenvalue weighted by Crippen LogP contribution is -2.47. The SMILES string of the molecule is Cc1ncc(NC(=O)C2C[C@@]3(C)C[C@@H]3N2C(=O)OC(C)(C)C)nc1Br. The molecule has 3 atom stereocenters. The van der Waals surface area contributed by atoms with Crippen LogP contribution < -0.4 is 5.32 Å². The van der Waals surface area contributed by atoms with Crippen LogP contribution in [-0.2, 0) is 9.53 Å². The number of halogens is 1. The molecule has 0 radical (unpaired) electrons. The summed E-state index contributed by atoms with van der Waals surface area (Å²) in [7, 11) is 0. The molecule has 1 aliphatic carbocycles. The van der Waals surface area contributed by atoms with Crippen LogP contribution in [0.15, 0.2) is 10.8 Å². The van der Waals surface area contributed by atoms with Gasteiger partial charge in [0, 0.05) is 6.04 Å². The first-order chi connectivity index (χ1) is 11.5. The summed E-state index contributed by atoms with van der Waals surface area (Å²) in [5.41, 5.74) is 0.139. The molecule has 1 saturated heterocycles. The van der Waals surface area contributed by atoms with Crippen LogP contribution in [0.5, 0.6) is 0 Å². The van der Waals surface area contributed by atoms with Gasteiger partial charge in [0.2, 0.25) is 5.91 Å². The van der Waals surface area contributed by atoms with Crippen molar-refractivity contribution >= 4 is 33.7 Å². The second-order valence-corrected chi connectivity index (χ2v) is 8.85. The van der Waals surface area contributed by atoms with Crippen molar-refractivity contribution in [3.05, 3.63) is 16.5 Å². The Labute approximate surface area is 155 Å². The Hall–Kier alpha value is -1.70. The molecule has 1 aromatic rings. The smallest absolute Gasteiger partial charge is 0.411 e. The van der Waals surface area contributed by atoms with Crippen LogP contribution in [-0.4, -0.2) is 44.6 Å². The van der Waals surface area contributed by atoms with E-state index in [1.54, 1.807) is 4.90 Å². The van der Waals surface area contributed by atoms with Crippen molar-refractivity contribution in [3.63, 3.8) is 0 Å². The Morgan fingerprint density at radius 3 is 2.68 bits per heavy atom. The van der Waals surface area contributed by atoms with Gasteiger partial charge in [-0.25, -0.2) is 9.78 Å². The minimum atomic E-state index is -0.598. The molecule has 2 fully saturated rings. The van der Waals surface area contributed by atoms with Crippen LogP contribution in [0.2, 0.25) is 0 Å². The van der Waals surface area contributed by atoms with Gasteiger partial charge in [0.25, 0.3) is 0 Å². The number of carbonyl (C=O) groups excluding carboxylic acids is 2. The topological polar surface area (TPSA) is 84.4 Å². The third-order valence-electron chi connectivity index (χ3n) is 4.69. The van der Waals surface area contributed by atoms with Gasteiger partial charge in [-0.15, -0.1) is 0 Å². The number of carbonyl (C=O) groups is 2. The zero-order valence-electron chi connectivity index (χ0n) is 15.1. The largest absolute Gasteiger partial charge is 0.444 e. The van der Waals surface area contributed by atoms with Crippen molar-refractivity contribution < 1.29 is 14.3 Å². The van der Waals surface area contributed by atoms with Gasteiger partial charge in [-0.05, 0) is 61.9 Å². The molecule has 8 heteroatoms. The number of piperidine rings is 1. The molecule has 1 aromatic heterocycles. The first-order valence-corrected chi connectivity index (χ1v) is 9.11. The lowest BCUT2D eigenvalue weighted by Gasteiger charge is -2.29. The number of hydrogen-bond acceptors (Lipinski definition) is 5. The van der Waals surface area contributed by atoms with E-state index < -0.39 is 17.7 Å². The fraction of sp³-hybridized carbons (Fsp3) is 0.647. The molecule has 2 aliphatic rings. The Kier molecular flexibility index (Phi) is 4.29. The lowest BCUT2D eigenvalue weighted by molar-refractivity contribution is -0.121. The number of anilines is 1. The van der Waals surface area contributed by atoms with E-state index in [0.717, 1.165) is 12.1 Å². The first kappa shape index (κ1) is 18.1. The van der Waals surface area contributed by atoms with Gasteiger partial charge < -0.3 is 10.1 Å². The predicted octanol–water partition coefficient (Wildman–Crippen LogP) is 3.27. The molecule has 2 heterocycles. The van der Waals surface area contributed by atoms with E-state index in [0.29, 0.717) is 16.8 Å². The van der Waals surface area contributed by atoms with Gasteiger partial charge in [-0.2, -0.15) is 0 Å². The van der Waals surface area contributed by atoms with Crippen molar-refractivity contribution in [3.8, 4) is 0 Å². The van der Waals surface area contributed by atoms with Crippen molar-refractivity contribution in [1.82, 2.24) is 14.9 Å². The number of rotatable bonds is 2. The van der Waals surface area contributed by atoms with Gasteiger partial charge in [0.1, 0.15) is 16.2 Å². The molecule has 1 N–H and O–H groups in total. The summed E-state index contributed by atoms with van der Waals surface area (Å²) in [4.78, 5) is 35.4. The van der Waals surface area contributed by atoms with Crippen LogP contribution in [0, 0.1) is 12.3 Å². The maximum absolute atomic E-state index is 12.8. The summed E-state index contributed by atoms with van der Waals surface area (Å²) >= 11 is 3.30. The molecule has 136 valence electrons. The van der Waals surface area contributed by atoms with Gasteiger partial charge in [-0.1, -0.05) is 6.92 Å². The van der Waals surface area contributed by atoms with E-state index in [2.05, 4.69) is 38.1 Å². The molecule has 3 rings (SSSR count). The molecule has 0 aromatic carbocycles. The molecule has 1 unspecified atom stereocenters. The Balaban J connectivity index is 1.76. The van der Waals surface area contributed by atoms with Gasteiger partial charge >= 0.3 is 6.09 Å². The second kappa shape index (κ2) is 5.93. The lowest BCUT2D eigenvalue weighted by atomic mass is 10.0. The van der Waals surface area contributed by atoms with E-state index in [1.807, 2.05) is 27.7 Å². The minimum absolute atomic E-state index is 0.00154. The summed E-state index contributed by atoms with van der Waals surface area (Å²) in [5, 5.41) is 2.77. The van der Waals surface area contributed by atoms with Crippen molar-refractivity contribution in [2.75, 3.05) is 5.32 Å². The molecule has 25 heavy (non-hydrogen) atoms. The number of likely N-dealkylation sites (tertiary alicyclic amines) is 1. The highest BCUT2D eigenvalue weighted by Crippen LogP contribution is 2.59. The van der Waals surface area contributed by atoms with E-state index in [1.165, 1.54) is 6.20 Å². The number of fused-ring (bicyclic) bond motifs is 1. The fourth-order valence-corrected chi connectivity index (χ4v) is 3.57.